The lowest BCUT2D eigenvalue weighted by atomic mass is 10.1. The summed E-state index contributed by atoms with van der Waals surface area (Å²) < 4.78 is 7.96. The Morgan fingerprint density at radius 3 is 2.59 bits per heavy atom. The van der Waals surface area contributed by atoms with Crippen LogP contribution in [0.2, 0.25) is 0 Å². The average molecular weight is 363 g/mol. The Morgan fingerprint density at radius 2 is 1.89 bits per heavy atom. The molecule has 0 aliphatic rings. The number of nitrogens with one attached hydrogen (secondary N) is 1. The molecule has 0 aliphatic carbocycles. The van der Waals surface area contributed by atoms with Crippen LogP contribution >= 0.6 is 0 Å². The van der Waals surface area contributed by atoms with Gasteiger partial charge >= 0.3 is 0 Å². The molecule has 0 radical (unpaired) electrons. The van der Waals surface area contributed by atoms with Gasteiger partial charge in [-0.05, 0) is 43.5 Å². The zero-order chi connectivity index (χ0) is 19.2. The van der Waals surface area contributed by atoms with Crippen molar-refractivity contribution < 1.29 is 9.53 Å². The minimum atomic E-state index is -0.520. The number of ether oxygens (including phenoxy) is 1. The topological polar surface area (TPSA) is 56.1 Å². The highest BCUT2D eigenvalue weighted by Gasteiger charge is 2.19. The van der Waals surface area contributed by atoms with Crippen molar-refractivity contribution in [1.29, 1.82) is 0 Å². The number of aryl methyl sites for hydroxylation is 2. The molecule has 1 atom stereocenters. The lowest BCUT2D eigenvalue weighted by Gasteiger charge is -2.19. The molecular formula is C22H25N3O2. The second kappa shape index (κ2) is 8.54. The van der Waals surface area contributed by atoms with E-state index in [2.05, 4.69) is 10.3 Å². The van der Waals surface area contributed by atoms with Gasteiger partial charge in [0.15, 0.2) is 6.10 Å². The van der Waals surface area contributed by atoms with Crippen LogP contribution in [-0.2, 0) is 11.3 Å². The summed E-state index contributed by atoms with van der Waals surface area (Å²) >= 11 is 0. The highest BCUT2D eigenvalue weighted by molar-refractivity contribution is 5.81. The number of amides is 1. The first-order valence-electron chi connectivity index (χ1n) is 9.18. The van der Waals surface area contributed by atoms with E-state index in [1.165, 1.54) is 0 Å². The number of nitrogens with zero attached hydrogens (tertiary/aromatic N) is 2. The smallest absolute Gasteiger partial charge is 0.261 e. The molecule has 1 N–H and O–H groups in total. The molecule has 3 aromatic rings. The van der Waals surface area contributed by atoms with Gasteiger partial charge in [-0.1, -0.05) is 43.3 Å². The summed E-state index contributed by atoms with van der Waals surface area (Å²) in [4.78, 5) is 17.0. The first-order chi connectivity index (χ1) is 13.1. The van der Waals surface area contributed by atoms with Gasteiger partial charge in [0.25, 0.3) is 5.91 Å². The Balaban J connectivity index is 1.70. The summed E-state index contributed by atoms with van der Waals surface area (Å²) in [5, 5.41) is 3.01. The summed E-state index contributed by atoms with van der Waals surface area (Å²) in [5.41, 5.74) is 3.06. The lowest BCUT2D eigenvalue weighted by molar-refractivity contribution is -0.128. The number of benzene rings is 2. The minimum absolute atomic E-state index is 0.113. The maximum absolute atomic E-state index is 12.7. The lowest BCUT2D eigenvalue weighted by Crippen LogP contribution is -2.37. The molecule has 5 heteroatoms. The second-order valence-corrected chi connectivity index (χ2v) is 6.47. The van der Waals surface area contributed by atoms with Crippen molar-refractivity contribution in [2.75, 3.05) is 0 Å². The van der Waals surface area contributed by atoms with Gasteiger partial charge < -0.3 is 14.6 Å². The van der Waals surface area contributed by atoms with Crippen LogP contribution in [0.4, 0.5) is 0 Å². The molecule has 0 unspecified atom stereocenters. The molecule has 0 aliphatic heterocycles. The van der Waals surface area contributed by atoms with Gasteiger partial charge in [-0.2, -0.15) is 0 Å². The van der Waals surface area contributed by atoms with Crippen molar-refractivity contribution in [2.45, 2.75) is 39.8 Å². The number of carbonyl (C=O) groups excluding carboxylic acids is 1. The molecular weight excluding hydrogens is 338 g/mol. The monoisotopic (exact) mass is 363 g/mol. The zero-order valence-electron chi connectivity index (χ0n) is 16.0. The summed E-state index contributed by atoms with van der Waals surface area (Å²) in [7, 11) is 0. The molecule has 27 heavy (non-hydrogen) atoms. The maximum Gasteiger partial charge on any atom is 0.261 e. The molecule has 0 saturated heterocycles. The van der Waals surface area contributed by atoms with Crippen LogP contribution in [0.3, 0.4) is 0 Å². The van der Waals surface area contributed by atoms with Gasteiger partial charge in [0.05, 0.1) is 5.69 Å². The number of rotatable bonds is 7. The van der Waals surface area contributed by atoms with Crippen LogP contribution in [0, 0.1) is 13.8 Å². The Kier molecular flexibility index (Phi) is 5.91. The van der Waals surface area contributed by atoms with E-state index in [-0.39, 0.29) is 5.91 Å². The van der Waals surface area contributed by atoms with Crippen molar-refractivity contribution >= 4 is 5.91 Å². The molecule has 0 saturated carbocycles. The van der Waals surface area contributed by atoms with Crippen LogP contribution < -0.4 is 10.1 Å². The predicted molar refractivity (Wildman–Crippen MR) is 106 cm³/mol. The van der Waals surface area contributed by atoms with Crippen molar-refractivity contribution in [3.63, 3.8) is 0 Å². The molecule has 140 valence electrons. The molecule has 5 nitrogen and oxygen atoms in total. The van der Waals surface area contributed by atoms with Gasteiger partial charge in [-0.3, -0.25) is 4.79 Å². The third kappa shape index (κ3) is 4.37. The fraction of sp³-hybridized carbons (Fsp3) is 0.273. The van der Waals surface area contributed by atoms with Crippen LogP contribution in [0.1, 0.15) is 30.3 Å². The van der Waals surface area contributed by atoms with E-state index < -0.39 is 6.10 Å². The zero-order valence-corrected chi connectivity index (χ0v) is 16.0. The molecule has 1 heterocycles. The van der Waals surface area contributed by atoms with Gasteiger partial charge in [-0.25, -0.2) is 4.98 Å². The maximum atomic E-state index is 12.7. The normalized spacial score (nSPS) is 11.8. The van der Waals surface area contributed by atoms with Gasteiger partial charge in [0.1, 0.15) is 11.6 Å². The Hall–Kier alpha value is -3.08. The molecule has 1 aromatic heterocycles. The number of imidazole rings is 1. The van der Waals surface area contributed by atoms with Crippen molar-refractivity contribution in [3.8, 4) is 11.4 Å². The fourth-order valence-electron chi connectivity index (χ4n) is 2.99. The van der Waals surface area contributed by atoms with E-state index in [4.69, 9.17) is 4.74 Å². The standard InChI is InChI=1S/C22H25N3O2/c1-4-20(27-21-12-8-5-9-16(21)2)22(26)24-15-18-10-6-7-11-19(18)25-14-13-23-17(25)3/h5-14,20H,4,15H2,1-3H3,(H,24,26)/t20-/m1/s1. The van der Waals surface area contributed by atoms with Crippen LogP contribution in [0.15, 0.2) is 60.9 Å². The van der Waals surface area contributed by atoms with Crippen molar-refractivity contribution in [1.82, 2.24) is 14.9 Å². The average Bonchev–Trinajstić information content (AvgIpc) is 3.11. The number of hydrogen-bond donors (Lipinski definition) is 1. The van der Waals surface area contributed by atoms with Crippen molar-refractivity contribution in [2.24, 2.45) is 0 Å². The fourth-order valence-corrected chi connectivity index (χ4v) is 2.99. The highest BCUT2D eigenvalue weighted by atomic mass is 16.5. The van der Waals surface area contributed by atoms with E-state index in [0.29, 0.717) is 13.0 Å². The molecule has 3 rings (SSSR count). The Labute approximate surface area is 160 Å². The van der Waals surface area contributed by atoms with Gasteiger partial charge in [-0.15, -0.1) is 0 Å². The van der Waals surface area contributed by atoms with E-state index in [9.17, 15) is 4.79 Å². The van der Waals surface area contributed by atoms with Crippen LogP contribution in [-0.4, -0.2) is 21.6 Å². The summed E-state index contributed by atoms with van der Waals surface area (Å²) in [6, 6.07) is 15.7. The third-order valence-electron chi connectivity index (χ3n) is 4.56. The van der Waals surface area contributed by atoms with Gasteiger partial charge in [0, 0.05) is 18.9 Å². The van der Waals surface area contributed by atoms with Crippen molar-refractivity contribution in [3.05, 3.63) is 77.9 Å². The molecule has 0 fully saturated rings. The minimum Gasteiger partial charge on any atom is -0.480 e. The van der Waals surface area contributed by atoms with E-state index in [1.807, 2.05) is 80.1 Å². The first kappa shape index (κ1) is 18.7. The molecule has 1 amide bonds. The predicted octanol–water partition coefficient (Wildman–Crippen LogP) is 3.96. The number of para-hydroxylation sites is 2. The van der Waals surface area contributed by atoms with Gasteiger partial charge in [0.2, 0.25) is 0 Å². The van der Waals surface area contributed by atoms with Crippen LogP contribution in [0.5, 0.6) is 5.75 Å². The third-order valence-corrected chi connectivity index (χ3v) is 4.56. The Morgan fingerprint density at radius 1 is 1.15 bits per heavy atom. The summed E-state index contributed by atoms with van der Waals surface area (Å²) in [6.45, 7) is 6.31. The quantitative estimate of drug-likeness (QED) is 0.691. The van der Waals surface area contributed by atoms with E-state index in [0.717, 1.165) is 28.4 Å². The largest absolute Gasteiger partial charge is 0.480 e. The first-order valence-corrected chi connectivity index (χ1v) is 9.18. The number of aromatic nitrogens is 2. The SMILES string of the molecule is CC[C@@H](Oc1ccccc1C)C(=O)NCc1ccccc1-n1ccnc1C. The molecule has 0 spiro atoms. The number of carbonyl (C=O) groups is 1. The Bertz CT molecular complexity index is 917. The summed E-state index contributed by atoms with van der Waals surface area (Å²) in [6.07, 6.45) is 3.77. The highest BCUT2D eigenvalue weighted by Crippen LogP contribution is 2.19. The van der Waals surface area contributed by atoms with E-state index >= 15 is 0 Å². The number of hydrogen-bond acceptors (Lipinski definition) is 3. The molecule has 2 aromatic carbocycles. The summed E-state index contributed by atoms with van der Waals surface area (Å²) in [5.74, 6) is 1.54. The van der Waals surface area contributed by atoms with Crippen LogP contribution in [0.25, 0.3) is 5.69 Å². The molecule has 0 bridgehead atoms. The second-order valence-electron chi connectivity index (χ2n) is 6.47. The van der Waals surface area contributed by atoms with E-state index in [1.54, 1.807) is 6.20 Å².